The molecule has 1 unspecified atom stereocenters. The Bertz CT molecular complexity index is 121. The molecule has 0 saturated heterocycles. The standard InChI is InChI=1S/C8H17BO4/c1-6(10)7(4-11-2)13-8(9)5-12-3/h6-8,10H,4-5H2,1-3H3/t6-,7-,8?/m1/s1. The van der Waals surface area contributed by atoms with Gasteiger partial charge in [0.1, 0.15) is 14.0 Å². The van der Waals surface area contributed by atoms with Gasteiger partial charge in [0.15, 0.2) is 0 Å². The summed E-state index contributed by atoms with van der Waals surface area (Å²) in [5.74, 6) is 0. The van der Waals surface area contributed by atoms with Crippen LogP contribution in [0.25, 0.3) is 0 Å². The Balaban J connectivity index is 3.79. The summed E-state index contributed by atoms with van der Waals surface area (Å²) in [5, 5.41) is 9.26. The molecule has 0 aliphatic heterocycles. The first-order chi connectivity index (χ1) is 6.11. The van der Waals surface area contributed by atoms with Crippen LogP contribution in [0, 0.1) is 0 Å². The van der Waals surface area contributed by atoms with Crippen molar-refractivity contribution in [2.45, 2.75) is 25.1 Å². The van der Waals surface area contributed by atoms with Gasteiger partial charge in [0.2, 0.25) is 0 Å². The van der Waals surface area contributed by atoms with Crippen molar-refractivity contribution in [2.24, 2.45) is 0 Å². The minimum absolute atomic E-state index is 0.299. The molecule has 0 bridgehead atoms. The van der Waals surface area contributed by atoms with E-state index in [4.69, 9.17) is 22.1 Å². The Hall–Kier alpha value is -0.0951. The molecule has 0 aromatic heterocycles. The highest BCUT2D eigenvalue weighted by Crippen LogP contribution is 2.02. The first kappa shape index (κ1) is 12.9. The zero-order valence-corrected chi connectivity index (χ0v) is 8.40. The average molecular weight is 188 g/mol. The fraction of sp³-hybridized carbons (Fsp3) is 1.00. The lowest BCUT2D eigenvalue weighted by molar-refractivity contribution is -0.0893. The SMILES string of the molecule is [B]C(COC)O[C@H](COC)[C@@H](C)O. The van der Waals surface area contributed by atoms with Crippen molar-refractivity contribution in [3.8, 4) is 0 Å². The van der Waals surface area contributed by atoms with E-state index >= 15 is 0 Å². The van der Waals surface area contributed by atoms with Gasteiger partial charge in [0.05, 0.1) is 19.3 Å². The van der Waals surface area contributed by atoms with Gasteiger partial charge in [-0.2, -0.15) is 0 Å². The van der Waals surface area contributed by atoms with E-state index in [1.807, 2.05) is 0 Å². The Morgan fingerprint density at radius 3 is 2.15 bits per heavy atom. The van der Waals surface area contributed by atoms with Crippen molar-refractivity contribution in [3.05, 3.63) is 0 Å². The molecule has 0 aliphatic rings. The monoisotopic (exact) mass is 188 g/mol. The van der Waals surface area contributed by atoms with Gasteiger partial charge in [-0.1, -0.05) is 0 Å². The summed E-state index contributed by atoms with van der Waals surface area (Å²) in [7, 11) is 8.62. The summed E-state index contributed by atoms with van der Waals surface area (Å²) >= 11 is 0. The van der Waals surface area contributed by atoms with Gasteiger partial charge < -0.3 is 19.3 Å². The van der Waals surface area contributed by atoms with Crippen molar-refractivity contribution in [2.75, 3.05) is 27.4 Å². The molecule has 0 aromatic rings. The largest absolute Gasteiger partial charge is 0.391 e. The van der Waals surface area contributed by atoms with Crippen LogP contribution in [-0.2, 0) is 14.2 Å². The molecule has 3 atom stereocenters. The third kappa shape index (κ3) is 6.04. The molecule has 0 rings (SSSR count). The Morgan fingerprint density at radius 1 is 1.23 bits per heavy atom. The molecule has 13 heavy (non-hydrogen) atoms. The molecule has 1 N–H and O–H groups in total. The fourth-order valence-electron chi connectivity index (χ4n) is 0.885. The number of rotatable bonds is 7. The highest BCUT2D eigenvalue weighted by molar-refractivity contribution is 6.11. The van der Waals surface area contributed by atoms with E-state index < -0.39 is 18.2 Å². The van der Waals surface area contributed by atoms with Gasteiger partial charge in [-0.3, -0.25) is 0 Å². The van der Waals surface area contributed by atoms with Crippen LogP contribution in [0.1, 0.15) is 6.92 Å². The lowest BCUT2D eigenvalue weighted by atomic mass is 10.0. The summed E-state index contributed by atoms with van der Waals surface area (Å²) in [6, 6.07) is -0.528. The number of aliphatic hydroxyl groups is 1. The van der Waals surface area contributed by atoms with E-state index in [-0.39, 0.29) is 0 Å². The Kier molecular flexibility index (Phi) is 7.27. The molecule has 5 heteroatoms. The van der Waals surface area contributed by atoms with Crippen LogP contribution >= 0.6 is 0 Å². The van der Waals surface area contributed by atoms with E-state index in [1.165, 1.54) is 7.11 Å². The number of methoxy groups -OCH3 is 2. The highest BCUT2D eigenvalue weighted by Gasteiger charge is 2.17. The van der Waals surface area contributed by atoms with Crippen molar-refractivity contribution >= 4 is 7.85 Å². The maximum atomic E-state index is 9.26. The quantitative estimate of drug-likeness (QED) is 0.549. The zero-order chi connectivity index (χ0) is 10.3. The summed E-state index contributed by atoms with van der Waals surface area (Å²) < 4.78 is 14.9. The van der Waals surface area contributed by atoms with Crippen molar-refractivity contribution < 1.29 is 19.3 Å². The van der Waals surface area contributed by atoms with Crippen LogP contribution in [0.2, 0.25) is 0 Å². The summed E-state index contributed by atoms with van der Waals surface area (Å²) in [5.41, 5.74) is 0. The smallest absolute Gasteiger partial charge is 0.112 e. The molecule has 0 spiro atoms. The number of hydrogen-bond donors (Lipinski definition) is 1. The second-order valence-corrected chi connectivity index (χ2v) is 2.86. The van der Waals surface area contributed by atoms with Crippen LogP contribution in [0.4, 0.5) is 0 Å². The lowest BCUT2D eigenvalue weighted by Gasteiger charge is -2.24. The minimum Gasteiger partial charge on any atom is -0.391 e. The maximum Gasteiger partial charge on any atom is 0.112 e. The van der Waals surface area contributed by atoms with E-state index in [0.717, 1.165) is 0 Å². The van der Waals surface area contributed by atoms with E-state index in [0.29, 0.717) is 13.2 Å². The van der Waals surface area contributed by atoms with Gasteiger partial charge in [-0.05, 0) is 6.92 Å². The molecular formula is C8H17BO4. The van der Waals surface area contributed by atoms with Crippen LogP contribution in [0.3, 0.4) is 0 Å². The van der Waals surface area contributed by atoms with Gasteiger partial charge in [-0.25, -0.2) is 0 Å². The molecule has 0 amide bonds. The molecule has 0 fully saturated rings. The van der Waals surface area contributed by atoms with E-state index in [9.17, 15) is 5.11 Å². The van der Waals surface area contributed by atoms with E-state index in [1.54, 1.807) is 14.0 Å². The Labute approximate surface area is 80.6 Å². The zero-order valence-electron chi connectivity index (χ0n) is 8.40. The molecule has 0 aliphatic carbocycles. The molecular weight excluding hydrogens is 171 g/mol. The molecule has 4 nitrogen and oxygen atoms in total. The predicted molar refractivity (Wildman–Crippen MR) is 49.8 cm³/mol. The summed E-state index contributed by atoms with van der Waals surface area (Å²) in [6.07, 6.45) is -1.02. The maximum absolute atomic E-state index is 9.26. The van der Waals surface area contributed by atoms with E-state index in [2.05, 4.69) is 0 Å². The average Bonchev–Trinajstić information content (AvgIpc) is 2.04. The first-order valence-electron chi connectivity index (χ1n) is 4.18. The second-order valence-electron chi connectivity index (χ2n) is 2.86. The minimum atomic E-state index is -0.608. The van der Waals surface area contributed by atoms with Crippen molar-refractivity contribution in [1.82, 2.24) is 0 Å². The van der Waals surface area contributed by atoms with Crippen LogP contribution < -0.4 is 0 Å². The molecule has 0 aromatic carbocycles. The third-order valence-corrected chi connectivity index (χ3v) is 1.55. The summed E-state index contributed by atoms with van der Waals surface area (Å²) in [4.78, 5) is 0. The van der Waals surface area contributed by atoms with Gasteiger partial charge >= 0.3 is 0 Å². The number of hydrogen-bond acceptors (Lipinski definition) is 4. The van der Waals surface area contributed by atoms with Crippen molar-refractivity contribution in [1.29, 1.82) is 0 Å². The topological polar surface area (TPSA) is 47.9 Å². The number of aliphatic hydroxyl groups excluding tert-OH is 1. The molecule has 0 saturated carbocycles. The fourth-order valence-corrected chi connectivity index (χ4v) is 0.885. The van der Waals surface area contributed by atoms with Crippen LogP contribution in [-0.4, -0.2) is 58.6 Å². The third-order valence-electron chi connectivity index (χ3n) is 1.55. The molecule has 76 valence electrons. The van der Waals surface area contributed by atoms with Crippen molar-refractivity contribution in [3.63, 3.8) is 0 Å². The lowest BCUT2D eigenvalue weighted by Crippen LogP contribution is -2.36. The highest BCUT2D eigenvalue weighted by atomic mass is 16.6. The van der Waals surface area contributed by atoms with Gasteiger partial charge in [0, 0.05) is 20.2 Å². The second kappa shape index (κ2) is 7.32. The summed E-state index contributed by atoms with van der Waals surface area (Å²) in [6.45, 7) is 2.24. The van der Waals surface area contributed by atoms with Gasteiger partial charge in [0.25, 0.3) is 0 Å². The Morgan fingerprint density at radius 2 is 1.77 bits per heavy atom. The predicted octanol–water partition coefficient (Wildman–Crippen LogP) is -0.460. The molecule has 2 radical (unpaired) electrons. The van der Waals surface area contributed by atoms with Crippen LogP contribution in [0.5, 0.6) is 0 Å². The molecule has 0 heterocycles. The first-order valence-corrected chi connectivity index (χ1v) is 4.18. The normalized spacial score (nSPS) is 18.2. The van der Waals surface area contributed by atoms with Crippen LogP contribution in [0.15, 0.2) is 0 Å². The van der Waals surface area contributed by atoms with Gasteiger partial charge in [-0.15, -0.1) is 0 Å². The number of ether oxygens (including phenoxy) is 3.